The topological polar surface area (TPSA) is 43.1 Å². The summed E-state index contributed by atoms with van der Waals surface area (Å²) in [5, 5.41) is 0. The number of aromatic nitrogens is 1. The van der Waals surface area contributed by atoms with Crippen molar-refractivity contribution < 1.29 is 22.4 Å². The van der Waals surface area contributed by atoms with Gasteiger partial charge in [-0.25, -0.2) is 4.98 Å². The second-order valence-corrected chi connectivity index (χ2v) is 3.62. The van der Waals surface area contributed by atoms with Gasteiger partial charge in [0.05, 0.1) is 5.56 Å². The SMILES string of the molecule is Cc1oc(C=O)nc1-c1ccccc1C(F)(F)F. The van der Waals surface area contributed by atoms with Crippen LogP contribution in [0.15, 0.2) is 28.7 Å². The fourth-order valence-electron chi connectivity index (χ4n) is 1.65. The number of carbonyl (C=O) groups excluding carboxylic acids is 1. The monoisotopic (exact) mass is 255 g/mol. The number of hydrogen-bond acceptors (Lipinski definition) is 3. The van der Waals surface area contributed by atoms with Crippen LogP contribution in [0, 0.1) is 6.92 Å². The first-order valence-electron chi connectivity index (χ1n) is 5.02. The van der Waals surface area contributed by atoms with Gasteiger partial charge < -0.3 is 4.42 Å². The molecule has 0 saturated carbocycles. The maximum absolute atomic E-state index is 12.8. The third-order valence-corrected chi connectivity index (χ3v) is 2.40. The molecule has 0 atom stereocenters. The van der Waals surface area contributed by atoms with E-state index in [1.165, 1.54) is 25.1 Å². The fourth-order valence-corrected chi connectivity index (χ4v) is 1.65. The highest BCUT2D eigenvalue weighted by molar-refractivity contribution is 5.72. The molecule has 0 aliphatic carbocycles. The minimum Gasteiger partial charge on any atom is -0.439 e. The fraction of sp³-hybridized carbons (Fsp3) is 0.167. The Morgan fingerprint density at radius 1 is 1.28 bits per heavy atom. The molecule has 0 amide bonds. The zero-order valence-corrected chi connectivity index (χ0v) is 9.28. The number of alkyl halides is 3. The second kappa shape index (κ2) is 4.29. The van der Waals surface area contributed by atoms with Crippen LogP contribution in [0.25, 0.3) is 11.3 Å². The summed E-state index contributed by atoms with van der Waals surface area (Å²) in [6.07, 6.45) is -4.13. The molecule has 0 bridgehead atoms. The normalized spacial score (nSPS) is 11.6. The second-order valence-electron chi connectivity index (χ2n) is 3.62. The van der Waals surface area contributed by atoms with Crippen LogP contribution in [0.3, 0.4) is 0 Å². The summed E-state index contributed by atoms with van der Waals surface area (Å²) < 4.78 is 43.4. The van der Waals surface area contributed by atoms with E-state index in [1.807, 2.05) is 0 Å². The number of aldehydes is 1. The largest absolute Gasteiger partial charge is 0.439 e. The maximum Gasteiger partial charge on any atom is 0.417 e. The lowest BCUT2D eigenvalue weighted by atomic mass is 10.0. The van der Waals surface area contributed by atoms with Gasteiger partial charge in [-0.15, -0.1) is 0 Å². The molecule has 1 aromatic heterocycles. The van der Waals surface area contributed by atoms with Gasteiger partial charge in [-0.3, -0.25) is 4.79 Å². The molecule has 0 saturated heterocycles. The van der Waals surface area contributed by atoms with Gasteiger partial charge in [0.2, 0.25) is 6.29 Å². The number of nitrogens with zero attached hydrogens (tertiary/aromatic N) is 1. The number of halogens is 3. The van der Waals surface area contributed by atoms with E-state index in [4.69, 9.17) is 4.42 Å². The molecule has 2 aromatic rings. The van der Waals surface area contributed by atoms with E-state index >= 15 is 0 Å². The lowest BCUT2D eigenvalue weighted by Gasteiger charge is -2.10. The molecular formula is C12H8F3NO2. The summed E-state index contributed by atoms with van der Waals surface area (Å²) >= 11 is 0. The van der Waals surface area contributed by atoms with E-state index in [-0.39, 0.29) is 22.9 Å². The molecule has 1 aromatic carbocycles. The van der Waals surface area contributed by atoms with Crippen LogP contribution in [-0.2, 0) is 6.18 Å². The molecule has 2 rings (SSSR count). The predicted octanol–water partition coefficient (Wildman–Crippen LogP) is 3.48. The zero-order valence-electron chi connectivity index (χ0n) is 9.28. The van der Waals surface area contributed by atoms with Crippen LogP contribution in [-0.4, -0.2) is 11.3 Å². The highest BCUT2D eigenvalue weighted by atomic mass is 19.4. The molecule has 3 nitrogen and oxygen atoms in total. The standard InChI is InChI=1S/C12H8F3NO2/c1-7-11(16-10(6-17)18-7)8-4-2-3-5-9(8)12(13,14)15/h2-6H,1H3. The van der Waals surface area contributed by atoms with Gasteiger partial charge in [-0.2, -0.15) is 13.2 Å². The Hall–Kier alpha value is -2.11. The van der Waals surface area contributed by atoms with Gasteiger partial charge in [0.1, 0.15) is 11.5 Å². The van der Waals surface area contributed by atoms with E-state index in [1.54, 1.807) is 0 Å². The Labute approximate surface area is 100 Å². The Morgan fingerprint density at radius 2 is 1.94 bits per heavy atom. The lowest BCUT2D eigenvalue weighted by molar-refractivity contribution is -0.137. The third kappa shape index (κ3) is 2.13. The van der Waals surface area contributed by atoms with Gasteiger partial charge >= 0.3 is 6.18 Å². The molecule has 1 heterocycles. The van der Waals surface area contributed by atoms with E-state index in [0.717, 1.165) is 6.07 Å². The first kappa shape index (κ1) is 12.3. The predicted molar refractivity (Wildman–Crippen MR) is 57.1 cm³/mol. The van der Waals surface area contributed by atoms with Crippen LogP contribution in [0.5, 0.6) is 0 Å². The van der Waals surface area contributed by atoms with Gasteiger partial charge in [0, 0.05) is 5.56 Å². The van der Waals surface area contributed by atoms with Crippen molar-refractivity contribution in [3.05, 3.63) is 41.5 Å². The average Bonchev–Trinajstić information content (AvgIpc) is 2.69. The number of oxazole rings is 1. The first-order chi connectivity index (χ1) is 8.43. The first-order valence-corrected chi connectivity index (χ1v) is 5.02. The van der Waals surface area contributed by atoms with Crippen molar-refractivity contribution >= 4 is 6.29 Å². The molecule has 0 aliphatic rings. The van der Waals surface area contributed by atoms with Crippen molar-refractivity contribution in [2.75, 3.05) is 0 Å². The van der Waals surface area contributed by atoms with Gasteiger partial charge in [-0.1, -0.05) is 18.2 Å². The summed E-state index contributed by atoms with van der Waals surface area (Å²) in [5.41, 5.74) is -0.872. The molecule has 0 radical (unpaired) electrons. The van der Waals surface area contributed by atoms with E-state index in [9.17, 15) is 18.0 Å². The number of aryl methyl sites for hydroxylation is 1. The van der Waals surface area contributed by atoms with E-state index in [0.29, 0.717) is 6.29 Å². The van der Waals surface area contributed by atoms with Gasteiger partial charge in [0.25, 0.3) is 5.89 Å². The average molecular weight is 255 g/mol. The molecule has 18 heavy (non-hydrogen) atoms. The van der Waals surface area contributed by atoms with Crippen molar-refractivity contribution in [1.29, 1.82) is 0 Å². The summed E-state index contributed by atoms with van der Waals surface area (Å²) in [6.45, 7) is 1.46. The van der Waals surface area contributed by atoms with Crippen LogP contribution in [0.4, 0.5) is 13.2 Å². The molecule has 0 spiro atoms. The van der Waals surface area contributed by atoms with Gasteiger partial charge in [-0.05, 0) is 13.0 Å². The summed E-state index contributed by atoms with van der Waals surface area (Å²) in [6, 6.07) is 5.02. The van der Waals surface area contributed by atoms with Crippen molar-refractivity contribution in [3.63, 3.8) is 0 Å². The molecule has 6 heteroatoms. The molecule has 0 aliphatic heterocycles. The lowest BCUT2D eigenvalue weighted by Crippen LogP contribution is -2.07. The smallest absolute Gasteiger partial charge is 0.417 e. The van der Waals surface area contributed by atoms with Crippen molar-refractivity contribution in [2.24, 2.45) is 0 Å². The van der Waals surface area contributed by atoms with E-state index < -0.39 is 11.7 Å². The summed E-state index contributed by atoms with van der Waals surface area (Å²) in [5.74, 6) is -0.0618. The molecule has 0 N–H and O–H groups in total. The Balaban J connectivity index is 2.64. The van der Waals surface area contributed by atoms with Crippen LogP contribution >= 0.6 is 0 Å². The van der Waals surface area contributed by atoms with Gasteiger partial charge in [0.15, 0.2) is 0 Å². The number of rotatable bonds is 2. The maximum atomic E-state index is 12.8. The Morgan fingerprint density at radius 3 is 2.50 bits per heavy atom. The number of benzene rings is 1. The Bertz CT molecular complexity index is 587. The Kier molecular flexibility index (Phi) is 2.94. The highest BCUT2D eigenvalue weighted by Crippen LogP contribution is 2.37. The van der Waals surface area contributed by atoms with E-state index in [2.05, 4.69) is 4.98 Å². The molecule has 94 valence electrons. The highest BCUT2D eigenvalue weighted by Gasteiger charge is 2.34. The van der Waals surface area contributed by atoms with Crippen molar-refractivity contribution in [3.8, 4) is 11.3 Å². The van der Waals surface area contributed by atoms with Crippen LogP contribution in [0.2, 0.25) is 0 Å². The number of carbonyl (C=O) groups is 1. The summed E-state index contributed by atoms with van der Waals surface area (Å²) in [7, 11) is 0. The van der Waals surface area contributed by atoms with Crippen molar-refractivity contribution in [2.45, 2.75) is 13.1 Å². The molecular weight excluding hydrogens is 247 g/mol. The molecule has 0 unspecified atom stereocenters. The van der Waals surface area contributed by atoms with Crippen LogP contribution in [0.1, 0.15) is 22.0 Å². The number of hydrogen-bond donors (Lipinski definition) is 0. The van der Waals surface area contributed by atoms with Crippen LogP contribution < -0.4 is 0 Å². The molecule has 0 fully saturated rings. The summed E-state index contributed by atoms with van der Waals surface area (Å²) in [4.78, 5) is 14.2. The zero-order chi connectivity index (χ0) is 13.3. The quantitative estimate of drug-likeness (QED) is 0.771. The minimum absolute atomic E-state index is 0.0324. The minimum atomic E-state index is -4.48. The third-order valence-electron chi connectivity index (χ3n) is 2.40. The van der Waals surface area contributed by atoms with Crippen molar-refractivity contribution in [1.82, 2.24) is 4.98 Å².